The Bertz CT molecular complexity index is 705. The Labute approximate surface area is 145 Å². The molecule has 0 amide bonds. The molecule has 1 fully saturated rings. The number of aromatic nitrogens is 2. The molecule has 1 aromatic heterocycles. The predicted octanol–water partition coefficient (Wildman–Crippen LogP) is 2.77. The van der Waals surface area contributed by atoms with Gasteiger partial charge in [0.25, 0.3) is 0 Å². The van der Waals surface area contributed by atoms with E-state index in [1.54, 1.807) is 35.4 Å². The number of aryl methyl sites for hydroxylation is 1. The molecule has 0 radical (unpaired) electrons. The molecule has 6 nitrogen and oxygen atoms in total. The fraction of sp³-hybridized carbons (Fsp3) is 0.353. The third-order valence-corrected chi connectivity index (χ3v) is 4.30. The van der Waals surface area contributed by atoms with Crippen LogP contribution in [0, 0.1) is 6.92 Å². The van der Waals surface area contributed by atoms with Crippen molar-refractivity contribution < 1.29 is 9.63 Å². The number of hydrogen-bond acceptors (Lipinski definition) is 6. The number of nitrogens with zero attached hydrogens (tertiary/aromatic N) is 3. The van der Waals surface area contributed by atoms with Crippen LogP contribution in [0.15, 0.2) is 36.4 Å². The maximum absolute atomic E-state index is 12.5. The van der Waals surface area contributed by atoms with Crippen LogP contribution in [0.2, 0.25) is 5.15 Å². The summed E-state index contributed by atoms with van der Waals surface area (Å²) in [4.78, 5) is 18.1. The highest BCUT2D eigenvalue weighted by Gasteiger charge is 2.27. The molecule has 1 saturated heterocycles. The summed E-state index contributed by atoms with van der Waals surface area (Å²) in [7, 11) is 0. The first kappa shape index (κ1) is 16.7. The Balaban J connectivity index is 1.86. The minimum absolute atomic E-state index is 0.00119. The zero-order valence-corrected chi connectivity index (χ0v) is 14.2. The van der Waals surface area contributed by atoms with E-state index in [9.17, 15) is 4.79 Å². The lowest BCUT2D eigenvalue weighted by atomic mass is 10.1. The van der Waals surface area contributed by atoms with Crippen LogP contribution >= 0.6 is 11.6 Å². The predicted molar refractivity (Wildman–Crippen MR) is 92.0 cm³/mol. The first-order valence-electron chi connectivity index (χ1n) is 7.92. The molecule has 1 aromatic carbocycles. The van der Waals surface area contributed by atoms with Gasteiger partial charge in [-0.2, -0.15) is 5.06 Å². The molecule has 126 valence electrons. The fourth-order valence-electron chi connectivity index (χ4n) is 2.62. The van der Waals surface area contributed by atoms with Crippen molar-refractivity contribution in [1.82, 2.24) is 15.5 Å². The lowest BCUT2D eigenvalue weighted by molar-refractivity contribution is 0.0380. The third kappa shape index (κ3) is 3.83. The first-order valence-corrected chi connectivity index (χ1v) is 8.30. The second-order valence-electron chi connectivity index (χ2n) is 5.75. The summed E-state index contributed by atoms with van der Waals surface area (Å²) < 4.78 is 0. The zero-order chi connectivity index (χ0) is 16.9. The summed E-state index contributed by atoms with van der Waals surface area (Å²) in [5, 5.41) is 13.2. The molecule has 1 aliphatic rings. The van der Waals surface area contributed by atoms with E-state index in [2.05, 4.69) is 15.5 Å². The highest BCUT2D eigenvalue weighted by atomic mass is 35.5. The van der Waals surface area contributed by atoms with Gasteiger partial charge in [-0.15, -0.1) is 10.2 Å². The van der Waals surface area contributed by atoms with Gasteiger partial charge in [-0.3, -0.25) is 0 Å². The smallest absolute Gasteiger partial charge is 0.333 e. The van der Waals surface area contributed by atoms with Crippen molar-refractivity contribution in [1.29, 1.82) is 0 Å². The van der Waals surface area contributed by atoms with E-state index in [-0.39, 0.29) is 6.04 Å². The number of hydrogen-bond donors (Lipinski definition) is 1. The number of carbonyl (C=O) groups is 1. The minimum Gasteiger partial charge on any atom is -0.333 e. The third-order valence-electron chi connectivity index (χ3n) is 3.93. The number of piperidine rings is 1. The van der Waals surface area contributed by atoms with E-state index in [1.165, 1.54) is 0 Å². The SMILES string of the molecule is Cc1cc(N(OC(=O)c2ccccc2)[C@@H]2CCCNC2)nnc1Cl. The number of carbonyl (C=O) groups excluding carboxylic acids is 1. The van der Waals surface area contributed by atoms with Gasteiger partial charge in [-0.1, -0.05) is 29.8 Å². The average molecular weight is 347 g/mol. The summed E-state index contributed by atoms with van der Waals surface area (Å²) in [5.41, 5.74) is 1.27. The molecule has 3 rings (SSSR count). The molecule has 0 unspecified atom stereocenters. The van der Waals surface area contributed by atoms with Gasteiger partial charge in [-0.05, 0) is 50.1 Å². The van der Waals surface area contributed by atoms with Crippen LogP contribution in [-0.2, 0) is 4.84 Å². The van der Waals surface area contributed by atoms with Crippen molar-refractivity contribution in [3.8, 4) is 0 Å². The second kappa shape index (κ2) is 7.59. The average Bonchev–Trinajstić information content (AvgIpc) is 2.63. The van der Waals surface area contributed by atoms with Crippen LogP contribution in [-0.4, -0.2) is 35.3 Å². The van der Waals surface area contributed by atoms with Crippen LogP contribution in [0.1, 0.15) is 28.8 Å². The van der Waals surface area contributed by atoms with Crippen LogP contribution < -0.4 is 10.4 Å². The van der Waals surface area contributed by atoms with Crippen molar-refractivity contribution in [2.75, 3.05) is 18.2 Å². The largest absolute Gasteiger partial charge is 0.363 e. The Morgan fingerprint density at radius 3 is 2.79 bits per heavy atom. The molecule has 1 atom stereocenters. The number of halogens is 1. The Hall–Kier alpha value is -2.18. The molecule has 0 aliphatic carbocycles. The van der Waals surface area contributed by atoms with Crippen molar-refractivity contribution >= 4 is 23.4 Å². The van der Waals surface area contributed by atoms with E-state index in [0.717, 1.165) is 24.9 Å². The van der Waals surface area contributed by atoms with E-state index >= 15 is 0 Å². The lowest BCUT2D eigenvalue weighted by Crippen LogP contribution is -2.47. The van der Waals surface area contributed by atoms with Crippen LogP contribution in [0.5, 0.6) is 0 Å². The van der Waals surface area contributed by atoms with Gasteiger partial charge in [0.05, 0.1) is 11.6 Å². The maximum atomic E-state index is 12.5. The molecule has 1 N–H and O–H groups in total. The topological polar surface area (TPSA) is 67.3 Å². The molecule has 0 bridgehead atoms. The summed E-state index contributed by atoms with van der Waals surface area (Å²) in [6.07, 6.45) is 1.91. The van der Waals surface area contributed by atoms with E-state index in [1.807, 2.05) is 13.0 Å². The van der Waals surface area contributed by atoms with E-state index in [4.69, 9.17) is 16.4 Å². The summed E-state index contributed by atoms with van der Waals surface area (Å²) >= 11 is 5.96. The van der Waals surface area contributed by atoms with Crippen LogP contribution in [0.4, 0.5) is 5.82 Å². The Morgan fingerprint density at radius 2 is 2.12 bits per heavy atom. The summed E-state index contributed by atoms with van der Waals surface area (Å²) in [6, 6.07) is 10.7. The molecular weight excluding hydrogens is 328 g/mol. The number of hydroxylamine groups is 1. The maximum Gasteiger partial charge on any atom is 0.363 e. The number of rotatable bonds is 4. The molecule has 2 heterocycles. The van der Waals surface area contributed by atoms with E-state index < -0.39 is 5.97 Å². The van der Waals surface area contributed by atoms with Gasteiger partial charge >= 0.3 is 5.97 Å². The molecule has 0 spiro atoms. The van der Waals surface area contributed by atoms with Gasteiger partial charge in [0.2, 0.25) is 0 Å². The molecule has 1 aliphatic heterocycles. The number of nitrogens with one attached hydrogen (secondary N) is 1. The van der Waals surface area contributed by atoms with Crippen molar-refractivity contribution in [3.63, 3.8) is 0 Å². The van der Waals surface area contributed by atoms with Crippen molar-refractivity contribution in [2.24, 2.45) is 0 Å². The van der Waals surface area contributed by atoms with Crippen molar-refractivity contribution in [2.45, 2.75) is 25.8 Å². The Morgan fingerprint density at radius 1 is 1.33 bits per heavy atom. The standard InChI is InChI=1S/C17H19ClN4O2/c1-12-10-15(20-21-16(12)18)22(14-8-5-9-19-11-14)24-17(23)13-6-3-2-4-7-13/h2-4,6-7,10,14,19H,5,8-9,11H2,1H3/t14-/m1/s1. The van der Waals surface area contributed by atoms with E-state index in [0.29, 0.717) is 23.1 Å². The normalized spacial score (nSPS) is 17.3. The minimum atomic E-state index is -0.421. The molecule has 2 aromatic rings. The highest BCUT2D eigenvalue weighted by molar-refractivity contribution is 6.30. The molecular formula is C17H19ClN4O2. The quantitative estimate of drug-likeness (QED) is 0.859. The zero-order valence-electron chi connectivity index (χ0n) is 13.4. The number of benzene rings is 1. The fourth-order valence-corrected chi connectivity index (χ4v) is 2.71. The lowest BCUT2D eigenvalue weighted by Gasteiger charge is -2.33. The van der Waals surface area contributed by atoms with Gasteiger partial charge in [0.15, 0.2) is 11.0 Å². The Kier molecular flexibility index (Phi) is 5.27. The molecule has 24 heavy (non-hydrogen) atoms. The van der Waals surface area contributed by atoms with Gasteiger partial charge in [0.1, 0.15) is 0 Å². The van der Waals surface area contributed by atoms with Gasteiger partial charge < -0.3 is 10.2 Å². The van der Waals surface area contributed by atoms with Crippen molar-refractivity contribution in [3.05, 3.63) is 52.7 Å². The highest BCUT2D eigenvalue weighted by Crippen LogP contribution is 2.23. The molecule has 0 saturated carbocycles. The summed E-state index contributed by atoms with van der Waals surface area (Å²) in [6.45, 7) is 3.52. The van der Waals surface area contributed by atoms with Crippen LogP contribution in [0.3, 0.4) is 0 Å². The molecule has 7 heteroatoms. The monoisotopic (exact) mass is 346 g/mol. The van der Waals surface area contributed by atoms with Gasteiger partial charge in [-0.25, -0.2) is 4.79 Å². The summed E-state index contributed by atoms with van der Waals surface area (Å²) in [5.74, 6) is 0.0606. The first-order chi connectivity index (χ1) is 11.6. The number of anilines is 1. The van der Waals surface area contributed by atoms with Gasteiger partial charge in [0, 0.05) is 6.54 Å². The second-order valence-corrected chi connectivity index (χ2v) is 6.11. The van der Waals surface area contributed by atoms with Crippen LogP contribution in [0.25, 0.3) is 0 Å².